The van der Waals surface area contributed by atoms with E-state index in [1.54, 1.807) is 24.3 Å². The predicted molar refractivity (Wildman–Crippen MR) is 74.3 cm³/mol. The molecule has 0 bridgehead atoms. The van der Waals surface area contributed by atoms with E-state index >= 15 is 0 Å². The zero-order valence-corrected chi connectivity index (χ0v) is 9.82. The second-order valence-electron chi connectivity index (χ2n) is 3.78. The van der Waals surface area contributed by atoms with Crippen LogP contribution in [0.2, 0.25) is 0 Å². The predicted octanol–water partition coefficient (Wildman–Crippen LogP) is 2.77. The minimum atomic E-state index is 0.166. The van der Waals surface area contributed by atoms with Gasteiger partial charge in [0.25, 0.3) is 0 Å². The van der Waals surface area contributed by atoms with Crippen molar-refractivity contribution in [3.05, 3.63) is 71.8 Å². The normalized spacial score (nSPS) is 11.9. The van der Waals surface area contributed by atoms with Crippen LogP contribution in [0.25, 0.3) is 6.08 Å². The maximum absolute atomic E-state index is 9.74. The van der Waals surface area contributed by atoms with Crippen molar-refractivity contribution in [2.75, 3.05) is 0 Å². The van der Waals surface area contributed by atoms with E-state index in [1.165, 1.54) is 0 Å². The number of nitrogens with two attached hydrogens (primary N) is 1. The monoisotopic (exact) mass is 238 g/mol. The Kier molecular flexibility index (Phi) is 3.76. The Bertz CT molecular complexity index is 574. The van der Waals surface area contributed by atoms with E-state index in [4.69, 9.17) is 5.84 Å². The molecule has 0 aliphatic rings. The van der Waals surface area contributed by atoms with Gasteiger partial charge < -0.3 is 10.9 Å². The summed E-state index contributed by atoms with van der Waals surface area (Å²) in [6, 6.07) is 16.8. The molecule has 0 radical (unpaired) electrons. The molecule has 0 saturated carbocycles. The van der Waals surface area contributed by atoms with Crippen LogP contribution >= 0.6 is 0 Å². The first-order chi connectivity index (χ1) is 8.81. The highest BCUT2D eigenvalue weighted by Gasteiger charge is 2.04. The largest absolute Gasteiger partial charge is 0.507 e. The molecule has 0 unspecified atom stereocenters. The Hall–Kier alpha value is -2.55. The van der Waals surface area contributed by atoms with Crippen LogP contribution in [0.1, 0.15) is 11.1 Å². The molecule has 2 rings (SSSR count). The first kappa shape index (κ1) is 11.9. The van der Waals surface area contributed by atoms with Crippen LogP contribution in [0.4, 0.5) is 0 Å². The molecule has 0 aliphatic heterocycles. The number of nitrogens with zero attached hydrogens (tertiary/aromatic N) is 1. The zero-order valence-electron chi connectivity index (χ0n) is 9.82. The Balaban J connectivity index is 2.27. The first-order valence-electron chi connectivity index (χ1n) is 5.60. The highest BCUT2D eigenvalue weighted by molar-refractivity contribution is 6.12. The molecule has 0 aliphatic carbocycles. The summed E-state index contributed by atoms with van der Waals surface area (Å²) in [7, 11) is 0. The van der Waals surface area contributed by atoms with Crippen molar-refractivity contribution in [2.45, 2.75) is 0 Å². The second-order valence-corrected chi connectivity index (χ2v) is 3.78. The van der Waals surface area contributed by atoms with Gasteiger partial charge in [-0.2, -0.15) is 5.10 Å². The third-order valence-corrected chi connectivity index (χ3v) is 2.55. The van der Waals surface area contributed by atoms with E-state index in [0.717, 1.165) is 5.56 Å². The van der Waals surface area contributed by atoms with Crippen molar-refractivity contribution in [3.63, 3.8) is 0 Å². The summed E-state index contributed by atoms with van der Waals surface area (Å²) >= 11 is 0. The van der Waals surface area contributed by atoms with Gasteiger partial charge in [0.1, 0.15) is 5.75 Å². The molecule has 0 atom stereocenters. The average molecular weight is 238 g/mol. The van der Waals surface area contributed by atoms with Crippen LogP contribution in [0.5, 0.6) is 5.75 Å². The van der Waals surface area contributed by atoms with Crippen LogP contribution in [-0.2, 0) is 0 Å². The summed E-state index contributed by atoms with van der Waals surface area (Å²) in [6.07, 6.45) is 3.68. The molecule has 0 spiro atoms. The molecule has 0 amide bonds. The zero-order chi connectivity index (χ0) is 12.8. The minimum Gasteiger partial charge on any atom is -0.507 e. The van der Waals surface area contributed by atoms with E-state index < -0.39 is 0 Å². The van der Waals surface area contributed by atoms with E-state index in [9.17, 15) is 5.11 Å². The number of rotatable bonds is 3. The van der Waals surface area contributed by atoms with Gasteiger partial charge >= 0.3 is 0 Å². The van der Waals surface area contributed by atoms with Crippen LogP contribution in [0, 0.1) is 0 Å². The van der Waals surface area contributed by atoms with Crippen molar-refractivity contribution < 1.29 is 5.11 Å². The summed E-state index contributed by atoms with van der Waals surface area (Å²) in [5.41, 5.74) is 2.21. The molecule has 0 fully saturated rings. The number of hydrogen-bond acceptors (Lipinski definition) is 3. The lowest BCUT2D eigenvalue weighted by atomic mass is 10.1. The van der Waals surface area contributed by atoms with Crippen molar-refractivity contribution in [3.8, 4) is 5.75 Å². The van der Waals surface area contributed by atoms with Gasteiger partial charge in [0.2, 0.25) is 0 Å². The third-order valence-electron chi connectivity index (χ3n) is 2.55. The maximum Gasteiger partial charge on any atom is 0.125 e. The number of allylic oxidation sites excluding steroid dienone is 1. The van der Waals surface area contributed by atoms with E-state index in [2.05, 4.69) is 5.10 Å². The molecule has 3 heteroatoms. The van der Waals surface area contributed by atoms with Gasteiger partial charge in [0.15, 0.2) is 0 Å². The number of aromatic hydroxyl groups is 1. The van der Waals surface area contributed by atoms with Gasteiger partial charge in [-0.3, -0.25) is 0 Å². The molecule has 0 saturated heterocycles. The molecular weight excluding hydrogens is 224 g/mol. The van der Waals surface area contributed by atoms with Gasteiger partial charge in [0, 0.05) is 5.56 Å². The highest BCUT2D eigenvalue weighted by atomic mass is 16.3. The van der Waals surface area contributed by atoms with Gasteiger partial charge in [-0.1, -0.05) is 48.5 Å². The molecule has 0 aromatic heterocycles. The van der Waals surface area contributed by atoms with Crippen LogP contribution in [-0.4, -0.2) is 10.8 Å². The summed E-state index contributed by atoms with van der Waals surface area (Å²) in [4.78, 5) is 0. The molecule has 2 aromatic rings. The van der Waals surface area contributed by atoms with Gasteiger partial charge in [-0.15, -0.1) is 0 Å². The molecule has 18 heavy (non-hydrogen) atoms. The fourth-order valence-corrected chi connectivity index (χ4v) is 1.63. The summed E-state index contributed by atoms with van der Waals surface area (Å²) < 4.78 is 0. The lowest BCUT2D eigenvalue weighted by molar-refractivity contribution is 0.474. The molecule has 90 valence electrons. The molecule has 2 aromatic carbocycles. The molecule has 0 heterocycles. The second kappa shape index (κ2) is 5.68. The number of hydrogen-bond donors (Lipinski definition) is 2. The summed E-state index contributed by atoms with van der Waals surface area (Å²) in [5.74, 6) is 5.53. The maximum atomic E-state index is 9.74. The van der Waals surface area contributed by atoms with Gasteiger partial charge in [-0.05, 0) is 23.8 Å². The Morgan fingerprint density at radius 2 is 1.67 bits per heavy atom. The standard InChI is InChI=1S/C15H14N2O/c16-17-14(13-8-4-5-9-15(13)18)11-10-12-6-2-1-3-7-12/h1-11,18H,16H2/b11-10+,17-14-. The Morgan fingerprint density at radius 1 is 1.00 bits per heavy atom. The third kappa shape index (κ3) is 2.77. The van der Waals surface area contributed by atoms with Crippen LogP contribution in [0.3, 0.4) is 0 Å². The lowest BCUT2D eigenvalue weighted by Crippen LogP contribution is -2.00. The summed E-state index contributed by atoms with van der Waals surface area (Å²) in [6.45, 7) is 0. The quantitative estimate of drug-likeness (QED) is 0.490. The van der Waals surface area contributed by atoms with Gasteiger partial charge in [-0.25, -0.2) is 0 Å². The SMILES string of the molecule is N/N=C(/C=C/c1ccccc1)c1ccccc1O. The Labute approximate surface area is 106 Å². The van der Waals surface area contributed by atoms with E-state index in [1.807, 2.05) is 42.5 Å². The number of phenolic OH excluding ortho intramolecular Hbond substituents is 1. The fraction of sp³-hybridized carbons (Fsp3) is 0. The van der Waals surface area contributed by atoms with Crippen LogP contribution in [0.15, 0.2) is 65.8 Å². The van der Waals surface area contributed by atoms with Crippen molar-refractivity contribution in [1.29, 1.82) is 0 Å². The number of hydrazone groups is 1. The number of phenols is 1. The van der Waals surface area contributed by atoms with Crippen molar-refractivity contribution in [2.24, 2.45) is 10.9 Å². The topological polar surface area (TPSA) is 58.6 Å². The van der Waals surface area contributed by atoms with Crippen LogP contribution < -0.4 is 5.84 Å². The Morgan fingerprint density at radius 3 is 2.33 bits per heavy atom. The summed E-state index contributed by atoms with van der Waals surface area (Å²) in [5, 5.41) is 13.4. The van der Waals surface area contributed by atoms with Crippen molar-refractivity contribution in [1.82, 2.24) is 0 Å². The average Bonchev–Trinajstić information content (AvgIpc) is 2.42. The van der Waals surface area contributed by atoms with E-state index in [0.29, 0.717) is 11.3 Å². The van der Waals surface area contributed by atoms with Crippen molar-refractivity contribution >= 4 is 11.8 Å². The molecule has 3 N–H and O–H groups in total. The highest BCUT2D eigenvalue weighted by Crippen LogP contribution is 2.17. The van der Waals surface area contributed by atoms with E-state index in [-0.39, 0.29) is 5.75 Å². The smallest absolute Gasteiger partial charge is 0.125 e. The fourth-order valence-electron chi connectivity index (χ4n) is 1.63. The molecule has 3 nitrogen and oxygen atoms in total. The van der Waals surface area contributed by atoms with Gasteiger partial charge in [0.05, 0.1) is 5.71 Å². The number of benzene rings is 2. The number of para-hydroxylation sites is 1. The lowest BCUT2D eigenvalue weighted by Gasteiger charge is -2.02. The molecular formula is C15H14N2O. The first-order valence-corrected chi connectivity index (χ1v) is 5.60. The minimum absolute atomic E-state index is 0.166.